The van der Waals surface area contributed by atoms with Crippen molar-refractivity contribution in [3.8, 4) is 0 Å². The predicted octanol–water partition coefficient (Wildman–Crippen LogP) is 4.47. The third-order valence-electron chi connectivity index (χ3n) is 5.01. The Kier molecular flexibility index (Phi) is 13.1. The van der Waals surface area contributed by atoms with Gasteiger partial charge in [-0.25, -0.2) is 10.3 Å². The first-order valence-electron chi connectivity index (χ1n) is 11.8. The number of amides is 3. The zero-order valence-corrected chi connectivity index (χ0v) is 20.6. The molecule has 0 spiro atoms. The Bertz CT molecular complexity index is 729. The fourth-order valence-electron chi connectivity index (χ4n) is 3.20. The summed E-state index contributed by atoms with van der Waals surface area (Å²) in [6.07, 6.45) is 5.16. The number of aryl methyl sites for hydroxylation is 1. The molecule has 0 aliphatic carbocycles. The third kappa shape index (κ3) is 14.2. The topological polar surface area (TPSA) is 108 Å². The summed E-state index contributed by atoms with van der Waals surface area (Å²) in [6.45, 7) is 9.22. The van der Waals surface area contributed by atoms with Crippen molar-refractivity contribution in [2.45, 2.75) is 91.2 Å². The molecular weight excluding hydrogens is 422 g/mol. The molecule has 0 radical (unpaired) electrons. The number of hydroxylamine groups is 1. The monoisotopic (exact) mass is 463 g/mol. The number of ether oxygens (including phenoxy) is 1. The van der Waals surface area contributed by atoms with E-state index in [2.05, 4.69) is 5.32 Å². The van der Waals surface area contributed by atoms with E-state index < -0.39 is 5.60 Å². The van der Waals surface area contributed by atoms with Crippen LogP contribution in [0.1, 0.15) is 83.3 Å². The summed E-state index contributed by atoms with van der Waals surface area (Å²) >= 11 is 0. The maximum absolute atomic E-state index is 12.6. The number of unbranched alkanes of at least 4 members (excludes halogenated alkanes) is 4. The zero-order valence-electron chi connectivity index (χ0n) is 20.6. The van der Waals surface area contributed by atoms with Gasteiger partial charge in [0, 0.05) is 32.5 Å². The molecule has 0 unspecified atom stereocenters. The minimum Gasteiger partial charge on any atom is -0.444 e. The van der Waals surface area contributed by atoms with E-state index in [1.54, 1.807) is 10.4 Å². The van der Waals surface area contributed by atoms with Gasteiger partial charge in [-0.15, -0.1) is 0 Å². The molecule has 0 aliphatic rings. The van der Waals surface area contributed by atoms with E-state index >= 15 is 0 Å². The minimum atomic E-state index is -0.554. The molecule has 0 saturated heterocycles. The summed E-state index contributed by atoms with van der Waals surface area (Å²) < 4.78 is 5.57. The van der Waals surface area contributed by atoms with Crippen LogP contribution in [-0.4, -0.2) is 46.7 Å². The highest BCUT2D eigenvalue weighted by molar-refractivity contribution is 5.75. The Labute approximate surface area is 198 Å². The van der Waals surface area contributed by atoms with Gasteiger partial charge in [0.05, 0.1) is 0 Å². The van der Waals surface area contributed by atoms with E-state index in [1.807, 2.05) is 52.0 Å². The molecule has 1 aromatic carbocycles. The third-order valence-corrected chi connectivity index (χ3v) is 5.01. The van der Waals surface area contributed by atoms with Crippen molar-refractivity contribution in [3.63, 3.8) is 0 Å². The standard InChI is InChI=1S/C25H41N3O5/c1-20-13-15-21(16-14-20)19-28(24(31)33-25(2,3)4)18-10-9-17-26-22(29)11-7-5-6-8-12-23(30)27-32/h13-16,32H,5-12,17-19H2,1-4H3,(H,26,29)(H,27,30). The lowest BCUT2D eigenvalue weighted by molar-refractivity contribution is -0.129. The molecule has 0 bridgehead atoms. The van der Waals surface area contributed by atoms with Crippen LogP contribution in [0.25, 0.3) is 0 Å². The van der Waals surface area contributed by atoms with Crippen molar-refractivity contribution < 1.29 is 24.3 Å². The summed E-state index contributed by atoms with van der Waals surface area (Å²) in [7, 11) is 0. The largest absolute Gasteiger partial charge is 0.444 e. The Hall–Kier alpha value is -2.61. The van der Waals surface area contributed by atoms with Gasteiger partial charge in [-0.2, -0.15) is 0 Å². The quantitative estimate of drug-likeness (QED) is 0.214. The lowest BCUT2D eigenvalue weighted by Gasteiger charge is -2.27. The van der Waals surface area contributed by atoms with E-state index in [-0.39, 0.29) is 17.9 Å². The first kappa shape index (κ1) is 28.4. The molecule has 186 valence electrons. The Morgan fingerprint density at radius 3 is 2.09 bits per heavy atom. The van der Waals surface area contributed by atoms with E-state index in [1.165, 1.54) is 5.56 Å². The van der Waals surface area contributed by atoms with Gasteiger partial charge in [-0.05, 0) is 58.9 Å². The molecule has 33 heavy (non-hydrogen) atoms. The fraction of sp³-hybridized carbons (Fsp3) is 0.640. The van der Waals surface area contributed by atoms with Crippen molar-refractivity contribution in [1.29, 1.82) is 0 Å². The number of hydrogen-bond donors (Lipinski definition) is 3. The van der Waals surface area contributed by atoms with Crippen molar-refractivity contribution in [1.82, 2.24) is 15.7 Å². The number of nitrogens with one attached hydrogen (secondary N) is 2. The SMILES string of the molecule is Cc1ccc(CN(CCCCNC(=O)CCCCCCC(=O)NO)C(=O)OC(C)(C)C)cc1. The highest BCUT2D eigenvalue weighted by Gasteiger charge is 2.22. The lowest BCUT2D eigenvalue weighted by atomic mass is 10.1. The summed E-state index contributed by atoms with van der Waals surface area (Å²) in [5.41, 5.74) is 3.28. The van der Waals surface area contributed by atoms with Crippen molar-refractivity contribution in [2.24, 2.45) is 0 Å². The minimum absolute atomic E-state index is 0.0201. The van der Waals surface area contributed by atoms with Crippen molar-refractivity contribution in [3.05, 3.63) is 35.4 Å². The molecule has 0 atom stereocenters. The predicted molar refractivity (Wildman–Crippen MR) is 128 cm³/mol. The molecule has 0 aromatic heterocycles. The smallest absolute Gasteiger partial charge is 0.410 e. The van der Waals surface area contributed by atoms with Crippen molar-refractivity contribution >= 4 is 17.9 Å². The van der Waals surface area contributed by atoms with Crippen LogP contribution in [0, 0.1) is 6.92 Å². The Balaban J connectivity index is 2.31. The molecule has 3 amide bonds. The lowest BCUT2D eigenvalue weighted by Crippen LogP contribution is -2.37. The zero-order chi connectivity index (χ0) is 24.7. The van der Waals surface area contributed by atoms with Crippen LogP contribution in [-0.2, 0) is 20.9 Å². The first-order valence-corrected chi connectivity index (χ1v) is 11.8. The van der Waals surface area contributed by atoms with Gasteiger partial charge in [0.2, 0.25) is 11.8 Å². The van der Waals surface area contributed by atoms with Gasteiger partial charge in [0.25, 0.3) is 0 Å². The maximum atomic E-state index is 12.6. The number of carbonyl (C=O) groups excluding carboxylic acids is 3. The maximum Gasteiger partial charge on any atom is 0.410 e. The van der Waals surface area contributed by atoms with E-state index in [9.17, 15) is 14.4 Å². The Morgan fingerprint density at radius 1 is 0.909 bits per heavy atom. The van der Waals surface area contributed by atoms with Gasteiger partial charge in [0.1, 0.15) is 5.60 Å². The number of rotatable bonds is 14. The number of hydrogen-bond acceptors (Lipinski definition) is 5. The van der Waals surface area contributed by atoms with Crippen LogP contribution < -0.4 is 10.8 Å². The van der Waals surface area contributed by atoms with Crippen LogP contribution in [0.3, 0.4) is 0 Å². The van der Waals surface area contributed by atoms with Crippen LogP contribution in [0.5, 0.6) is 0 Å². The van der Waals surface area contributed by atoms with Gasteiger partial charge in [0.15, 0.2) is 0 Å². The second kappa shape index (κ2) is 15.3. The molecule has 0 aliphatic heterocycles. The summed E-state index contributed by atoms with van der Waals surface area (Å²) in [5, 5.41) is 11.4. The van der Waals surface area contributed by atoms with Gasteiger partial charge in [-0.3, -0.25) is 14.8 Å². The molecule has 3 N–H and O–H groups in total. The van der Waals surface area contributed by atoms with Gasteiger partial charge < -0.3 is 15.0 Å². The molecular formula is C25H41N3O5. The van der Waals surface area contributed by atoms with Gasteiger partial charge in [-0.1, -0.05) is 42.7 Å². The van der Waals surface area contributed by atoms with Crippen molar-refractivity contribution in [2.75, 3.05) is 13.1 Å². The number of nitrogens with zero attached hydrogens (tertiary/aromatic N) is 1. The van der Waals surface area contributed by atoms with Crippen LogP contribution >= 0.6 is 0 Å². The molecule has 0 heterocycles. The second-order valence-electron chi connectivity index (χ2n) is 9.39. The van der Waals surface area contributed by atoms with Crippen LogP contribution in [0.4, 0.5) is 4.79 Å². The highest BCUT2D eigenvalue weighted by Crippen LogP contribution is 2.14. The van der Waals surface area contributed by atoms with Crippen LogP contribution in [0.15, 0.2) is 24.3 Å². The average Bonchev–Trinajstić information content (AvgIpc) is 2.75. The van der Waals surface area contributed by atoms with E-state index in [4.69, 9.17) is 9.94 Å². The summed E-state index contributed by atoms with van der Waals surface area (Å²) in [5.74, 6) is -0.358. The highest BCUT2D eigenvalue weighted by atomic mass is 16.6. The summed E-state index contributed by atoms with van der Waals surface area (Å²) in [4.78, 5) is 37.2. The van der Waals surface area contributed by atoms with Crippen LogP contribution in [0.2, 0.25) is 0 Å². The van der Waals surface area contributed by atoms with E-state index in [0.29, 0.717) is 38.9 Å². The first-order chi connectivity index (χ1) is 15.6. The van der Waals surface area contributed by atoms with Gasteiger partial charge >= 0.3 is 6.09 Å². The number of benzene rings is 1. The summed E-state index contributed by atoms with van der Waals surface area (Å²) in [6, 6.07) is 8.11. The number of carbonyl (C=O) groups is 3. The second-order valence-corrected chi connectivity index (χ2v) is 9.39. The molecule has 8 heteroatoms. The van der Waals surface area contributed by atoms with E-state index in [0.717, 1.165) is 37.7 Å². The molecule has 1 aromatic rings. The molecule has 0 fully saturated rings. The molecule has 1 rings (SSSR count). The fourth-order valence-corrected chi connectivity index (χ4v) is 3.20. The molecule has 0 saturated carbocycles. The molecule has 8 nitrogen and oxygen atoms in total. The average molecular weight is 464 g/mol. The normalized spacial score (nSPS) is 11.1. The Morgan fingerprint density at radius 2 is 1.52 bits per heavy atom.